The minimum Gasteiger partial charge on any atom is -0.467 e. The molecule has 1 saturated heterocycles. The maximum Gasteiger partial charge on any atom is 0.433 e. The van der Waals surface area contributed by atoms with Gasteiger partial charge in [-0.1, -0.05) is 71.4 Å². The van der Waals surface area contributed by atoms with E-state index in [1.54, 1.807) is 32.7 Å². The van der Waals surface area contributed by atoms with Gasteiger partial charge >= 0.3 is 12.1 Å². The van der Waals surface area contributed by atoms with Gasteiger partial charge in [-0.2, -0.15) is 13.2 Å². The number of anilines is 1. The van der Waals surface area contributed by atoms with Gasteiger partial charge in [-0.05, 0) is 36.3 Å². The molecule has 0 radical (unpaired) electrons. The number of nitrogens with zero attached hydrogens (tertiary/aromatic N) is 4. The number of halogens is 3. The van der Waals surface area contributed by atoms with E-state index in [1.165, 1.54) is 26.2 Å². The molecule has 3 unspecified atom stereocenters. The maximum atomic E-state index is 14.2. The van der Waals surface area contributed by atoms with E-state index >= 15 is 0 Å². The molecule has 1 aromatic heterocycles. The second kappa shape index (κ2) is 20.6. The van der Waals surface area contributed by atoms with Gasteiger partial charge in [-0.15, -0.1) is 0 Å². The average molecular weight is 779 g/mol. The Labute approximate surface area is 322 Å². The summed E-state index contributed by atoms with van der Waals surface area (Å²) in [5.74, 6) is -3.27. The molecule has 2 N–H and O–H groups in total. The molecule has 3 amide bonds. The third kappa shape index (κ3) is 11.8. The summed E-state index contributed by atoms with van der Waals surface area (Å²) in [5.41, 5.74) is -0.290. The molecule has 8 atom stereocenters. The first-order valence-corrected chi connectivity index (χ1v) is 18.7. The number of hydrogen-bond donors (Lipinski definition) is 2. The highest BCUT2D eigenvalue weighted by molar-refractivity contribution is 5.87. The Balaban J connectivity index is 1.79. The predicted molar refractivity (Wildman–Crippen MR) is 199 cm³/mol. The molecular weight excluding hydrogens is 721 g/mol. The number of amides is 3. The Morgan fingerprint density at radius 1 is 1.02 bits per heavy atom. The van der Waals surface area contributed by atoms with Crippen LogP contribution in [0, 0.1) is 17.8 Å². The zero-order valence-corrected chi connectivity index (χ0v) is 33.3. The minimum absolute atomic E-state index is 0.0886. The average Bonchev–Trinajstić information content (AvgIpc) is 3.65. The summed E-state index contributed by atoms with van der Waals surface area (Å²) in [7, 11) is 5.81. The molecule has 0 spiro atoms. The summed E-state index contributed by atoms with van der Waals surface area (Å²) in [6.45, 7) is 9.53. The van der Waals surface area contributed by atoms with Crippen LogP contribution in [0.25, 0.3) is 0 Å². The second-order valence-electron chi connectivity index (χ2n) is 14.5. The van der Waals surface area contributed by atoms with Gasteiger partial charge in [0.15, 0.2) is 0 Å². The van der Waals surface area contributed by atoms with Crippen LogP contribution in [-0.4, -0.2) is 115 Å². The van der Waals surface area contributed by atoms with Crippen molar-refractivity contribution in [3.05, 3.63) is 53.9 Å². The normalized spacial score (nSPS) is 18.4. The van der Waals surface area contributed by atoms with Crippen LogP contribution in [0.5, 0.6) is 0 Å². The summed E-state index contributed by atoms with van der Waals surface area (Å²) in [6, 6.07) is 7.04. The first-order valence-electron chi connectivity index (χ1n) is 18.7. The van der Waals surface area contributed by atoms with Crippen LogP contribution in [0.2, 0.25) is 0 Å². The van der Waals surface area contributed by atoms with E-state index in [4.69, 9.17) is 14.2 Å². The number of aromatic nitrogens is 2. The largest absolute Gasteiger partial charge is 0.467 e. The SMILES string of the molecule is CC[C@H](C)[C@@H]([C@@H](CC(=O)N1CCCC1[C@H](OC)[C@@H](C)C(=O)NC(Cc1ccccc1)C(=O)OC)OC)N(C)C(=O)C(Nc1nccc(C(F)(F)F)n1)C(C)C. The minimum atomic E-state index is -4.69. The number of methoxy groups -OCH3 is 3. The molecule has 0 bridgehead atoms. The Bertz CT molecular complexity index is 1570. The van der Waals surface area contributed by atoms with Gasteiger partial charge in [0.05, 0.1) is 43.7 Å². The van der Waals surface area contributed by atoms with Gasteiger partial charge in [-0.25, -0.2) is 14.8 Å². The molecule has 306 valence electrons. The van der Waals surface area contributed by atoms with E-state index in [-0.39, 0.29) is 36.5 Å². The predicted octanol–water partition coefficient (Wildman–Crippen LogP) is 4.75. The van der Waals surface area contributed by atoms with Crippen molar-refractivity contribution in [3.8, 4) is 0 Å². The van der Waals surface area contributed by atoms with Crippen molar-refractivity contribution in [2.24, 2.45) is 17.8 Å². The van der Waals surface area contributed by atoms with E-state index in [2.05, 4.69) is 20.6 Å². The lowest BCUT2D eigenvalue weighted by Gasteiger charge is -2.40. The molecule has 1 fully saturated rings. The number of alkyl halides is 3. The van der Waals surface area contributed by atoms with E-state index in [0.29, 0.717) is 25.8 Å². The molecule has 16 heteroatoms. The molecule has 1 aliphatic heterocycles. The molecule has 0 saturated carbocycles. The molecule has 2 aromatic rings. The number of nitrogens with one attached hydrogen (secondary N) is 2. The first-order chi connectivity index (χ1) is 26.0. The zero-order valence-electron chi connectivity index (χ0n) is 33.3. The lowest BCUT2D eigenvalue weighted by atomic mass is 9.89. The molecule has 13 nitrogen and oxygen atoms in total. The Kier molecular flexibility index (Phi) is 16.9. The number of esters is 1. The highest BCUT2D eigenvalue weighted by atomic mass is 19.4. The number of ether oxygens (including phenoxy) is 3. The number of likely N-dealkylation sites (N-methyl/N-ethyl adjacent to an activating group) is 1. The van der Waals surface area contributed by atoms with Gasteiger partial charge < -0.3 is 34.6 Å². The summed E-state index contributed by atoms with van der Waals surface area (Å²) in [4.78, 5) is 65.2. The summed E-state index contributed by atoms with van der Waals surface area (Å²) in [5, 5.41) is 5.62. The highest BCUT2D eigenvalue weighted by Crippen LogP contribution is 2.31. The fourth-order valence-electron chi connectivity index (χ4n) is 7.25. The smallest absolute Gasteiger partial charge is 0.433 e. The lowest BCUT2D eigenvalue weighted by molar-refractivity contribution is -0.148. The summed E-state index contributed by atoms with van der Waals surface area (Å²) < 4.78 is 56.9. The number of benzene rings is 1. The van der Waals surface area contributed by atoms with Crippen molar-refractivity contribution in [3.63, 3.8) is 0 Å². The molecule has 1 aromatic carbocycles. The van der Waals surface area contributed by atoms with Gasteiger partial charge in [0.25, 0.3) is 0 Å². The van der Waals surface area contributed by atoms with Crippen LogP contribution in [0.1, 0.15) is 71.6 Å². The van der Waals surface area contributed by atoms with E-state index in [0.717, 1.165) is 17.8 Å². The quantitative estimate of drug-likeness (QED) is 0.191. The highest BCUT2D eigenvalue weighted by Gasteiger charge is 2.43. The maximum absolute atomic E-state index is 14.2. The standard InChI is InChI=1S/C39H57F3N6O7/c1-10-24(4)33(47(6)36(51)32(23(2)3)46-38-43-19-18-30(45-38)39(40,41)42)29(53-7)22-31(49)48-20-14-17-28(48)34(54-8)25(5)35(50)44-27(37(52)55-9)21-26-15-12-11-13-16-26/h11-13,15-16,18-19,23-25,27-29,32-34H,10,14,17,20-22H2,1-9H3,(H,44,50)(H,43,45,46)/t24-,25+,27?,28?,29+,32?,33-,34+/m0/s1. The van der Waals surface area contributed by atoms with Gasteiger partial charge in [0.1, 0.15) is 17.8 Å². The topological polar surface area (TPSA) is 152 Å². The monoisotopic (exact) mass is 778 g/mol. The summed E-state index contributed by atoms with van der Waals surface area (Å²) in [6.07, 6.45) is -3.13. The number of likely N-dealkylation sites (tertiary alicyclic amines) is 1. The Morgan fingerprint density at radius 2 is 1.69 bits per heavy atom. The third-order valence-electron chi connectivity index (χ3n) is 10.5. The zero-order chi connectivity index (χ0) is 41.0. The van der Waals surface area contributed by atoms with Crippen LogP contribution < -0.4 is 10.6 Å². The first kappa shape index (κ1) is 45.1. The molecule has 55 heavy (non-hydrogen) atoms. The second-order valence-corrected chi connectivity index (χ2v) is 14.5. The van der Waals surface area contributed by atoms with Crippen LogP contribution in [0.3, 0.4) is 0 Å². The number of carbonyl (C=O) groups is 4. The lowest BCUT2D eigenvalue weighted by Crippen LogP contribution is -2.56. The fourth-order valence-corrected chi connectivity index (χ4v) is 7.25. The van der Waals surface area contributed by atoms with Crippen molar-refractivity contribution in [1.29, 1.82) is 0 Å². The van der Waals surface area contributed by atoms with E-state index in [9.17, 15) is 32.3 Å². The van der Waals surface area contributed by atoms with Crippen molar-refractivity contribution in [2.75, 3.05) is 40.2 Å². The van der Waals surface area contributed by atoms with Gasteiger partial charge in [0.2, 0.25) is 23.7 Å². The van der Waals surface area contributed by atoms with Crippen LogP contribution in [0.4, 0.5) is 19.1 Å². The van der Waals surface area contributed by atoms with Gasteiger partial charge in [0, 0.05) is 40.4 Å². The van der Waals surface area contributed by atoms with Crippen LogP contribution >= 0.6 is 0 Å². The van der Waals surface area contributed by atoms with Crippen molar-refractivity contribution in [2.45, 2.75) is 109 Å². The van der Waals surface area contributed by atoms with Crippen molar-refractivity contribution in [1.82, 2.24) is 25.1 Å². The van der Waals surface area contributed by atoms with Gasteiger partial charge in [-0.3, -0.25) is 14.4 Å². The van der Waals surface area contributed by atoms with Crippen molar-refractivity contribution >= 4 is 29.6 Å². The Hall–Kier alpha value is -4.31. The summed E-state index contributed by atoms with van der Waals surface area (Å²) >= 11 is 0. The Morgan fingerprint density at radius 3 is 2.25 bits per heavy atom. The van der Waals surface area contributed by atoms with Crippen LogP contribution in [-0.2, 0) is 46.0 Å². The van der Waals surface area contributed by atoms with Crippen molar-refractivity contribution < 1.29 is 46.6 Å². The van der Waals surface area contributed by atoms with E-state index < -0.39 is 71.9 Å². The molecule has 0 aliphatic carbocycles. The van der Waals surface area contributed by atoms with Crippen LogP contribution in [0.15, 0.2) is 42.6 Å². The molecule has 1 aliphatic rings. The number of rotatable bonds is 19. The molecular formula is C39H57F3N6O7. The molecule has 2 heterocycles. The molecule has 3 rings (SSSR count). The number of hydrogen-bond acceptors (Lipinski definition) is 10. The number of carbonyl (C=O) groups excluding carboxylic acids is 4. The third-order valence-corrected chi connectivity index (χ3v) is 10.5. The van der Waals surface area contributed by atoms with E-state index in [1.807, 2.05) is 44.2 Å². The fraction of sp³-hybridized carbons (Fsp3) is 0.641.